The van der Waals surface area contributed by atoms with Crippen molar-refractivity contribution in [3.05, 3.63) is 67.6 Å². The number of Topliss-reactive ketones (excluding diaryl/α,β-unsaturated/α-hetero) is 1. The van der Waals surface area contributed by atoms with Crippen LogP contribution < -0.4 is 0 Å². The van der Waals surface area contributed by atoms with E-state index in [1.54, 1.807) is 18.2 Å². The summed E-state index contributed by atoms with van der Waals surface area (Å²) in [6.07, 6.45) is 1.41. The molecule has 2 aromatic carbocycles. The Balaban J connectivity index is 2.48. The highest BCUT2D eigenvalue weighted by molar-refractivity contribution is 9.10. The summed E-state index contributed by atoms with van der Waals surface area (Å²) < 4.78 is 0.460. The van der Waals surface area contributed by atoms with Crippen LogP contribution in [0.2, 0.25) is 10.0 Å². The van der Waals surface area contributed by atoms with Crippen molar-refractivity contribution in [2.75, 3.05) is 0 Å². The number of nitriles is 1. The fraction of sp³-hybridized carbons (Fsp3) is 0. The lowest BCUT2D eigenvalue weighted by molar-refractivity contribution is 0.104. The lowest BCUT2D eigenvalue weighted by Crippen LogP contribution is -2.04. The number of halogens is 3. The van der Waals surface area contributed by atoms with Gasteiger partial charge in [0.2, 0.25) is 5.78 Å². The van der Waals surface area contributed by atoms with E-state index in [-0.39, 0.29) is 26.9 Å². The molecule has 1 N–H and O–H groups in total. The number of ketones is 1. The summed E-state index contributed by atoms with van der Waals surface area (Å²) in [4.78, 5) is 12.5. The van der Waals surface area contributed by atoms with Crippen LogP contribution in [0.25, 0.3) is 6.08 Å². The van der Waals surface area contributed by atoms with E-state index in [0.29, 0.717) is 10.0 Å². The van der Waals surface area contributed by atoms with Gasteiger partial charge in [0.15, 0.2) is 0 Å². The molecule has 0 unspecified atom stereocenters. The standard InChI is InChI=1S/C16H8BrCl2NO2/c17-11-7-9(4-5-14(11)21)6-10(8-20)16(22)15-12(18)2-1-3-13(15)19/h1-7,21H. The second-order valence-corrected chi connectivity index (χ2v) is 5.98. The van der Waals surface area contributed by atoms with E-state index < -0.39 is 5.78 Å². The van der Waals surface area contributed by atoms with Crippen molar-refractivity contribution in [2.45, 2.75) is 0 Å². The van der Waals surface area contributed by atoms with Gasteiger partial charge < -0.3 is 5.11 Å². The third-order valence-corrected chi connectivity index (χ3v) is 4.10. The van der Waals surface area contributed by atoms with Crippen LogP contribution in [0, 0.1) is 11.3 Å². The molecular formula is C16H8BrCl2NO2. The maximum atomic E-state index is 12.5. The van der Waals surface area contributed by atoms with Gasteiger partial charge in [0.1, 0.15) is 17.4 Å². The highest BCUT2D eigenvalue weighted by Crippen LogP contribution is 2.29. The molecule has 0 aliphatic carbocycles. The maximum Gasteiger partial charge on any atom is 0.206 e. The Labute approximate surface area is 145 Å². The van der Waals surface area contributed by atoms with Crippen molar-refractivity contribution in [1.29, 1.82) is 5.26 Å². The molecule has 22 heavy (non-hydrogen) atoms. The minimum absolute atomic E-state index is 0.0659. The van der Waals surface area contributed by atoms with Gasteiger partial charge in [0.25, 0.3) is 0 Å². The van der Waals surface area contributed by atoms with E-state index in [0.717, 1.165) is 0 Å². The maximum absolute atomic E-state index is 12.5. The molecule has 0 saturated carbocycles. The van der Waals surface area contributed by atoms with Crippen LogP contribution in [0.3, 0.4) is 0 Å². The lowest BCUT2D eigenvalue weighted by Gasteiger charge is -2.05. The summed E-state index contributed by atoms with van der Waals surface area (Å²) in [5.41, 5.74) is 0.571. The molecular weight excluding hydrogens is 389 g/mol. The van der Waals surface area contributed by atoms with Gasteiger partial charge in [-0.15, -0.1) is 0 Å². The number of rotatable bonds is 3. The average Bonchev–Trinajstić information content (AvgIpc) is 2.48. The molecule has 2 aromatic rings. The van der Waals surface area contributed by atoms with Gasteiger partial charge in [-0.2, -0.15) is 5.26 Å². The van der Waals surface area contributed by atoms with Gasteiger partial charge in [-0.3, -0.25) is 4.79 Å². The van der Waals surface area contributed by atoms with Crippen LogP contribution in [0.5, 0.6) is 5.75 Å². The van der Waals surface area contributed by atoms with Crippen molar-refractivity contribution >= 4 is 51.0 Å². The Hall–Kier alpha value is -1.80. The molecule has 6 heteroatoms. The Morgan fingerprint density at radius 3 is 2.41 bits per heavy atom. The molecule has 0 atom stereocenters. The minimum atomic E-state index is -0.553. The van der Waals surface area contributed by atoms with Gasteiger partial charge in [-0.05, 0) is 51.8 Å². The van der Waals surface area contributed by atoms with Crippen LogP contribution >= 0.6 is 39.1 Å². The Kier molecular flexibility index (Phi) is 5.25. The molecule has 0 aliphatic heterocycles. The number of phenols is 1. The highest BCUT2D eigenvalue weighted by atomic mass is 79.9. The molecule has 2 rings (SSSR count). The summed E-state index contributed by atoms with van der Waals surface area (Å²) in [6, 6.07) is 11.2. The summed E-state index contributed by atoms with van der Waals surface area (Å²) in [7, 11) is 0. The molecule has 3 nitrogen and oxygen atoms in total. The third kappa shape index (κ3) is 3.50. The molecule has 0 saturated heterocycles. The van der Waals surface area contributed by atoms with Crippen molar-refractivity contribution < 1.29 is 9.90 Å². The summed E-state index contributed by atoms with van der Waals surface area (Å²) in [5.74, 6) is -0.488. The molecule has 0 amide bonds. The first-order chi connectivity index (χ1) is 10.4. The quantitative estimate of drug-likeness (QED) is 0.437. The minimum Gasteiger partial charge on any atom is -0.507 e. The number of carbonyl (C=O) groups is 1. The Bertz CT molecular complexity index is 805. The number of phenolic OH excluding ortho intramolecular Hbond substituents is 1. The van der Waals surface area contributed by atoms with Gasteiger partial charge in [0, 0.05) is 0 Å². The predicted molar refractivity (Wildman–Crippen MR) is 90.2 cm³/mol. The van der Waals surface area contributed by atoms with E-state index in [4.69, 9.17) is 23.2 Å². The van der Waals surface area contributed by atoms with Crippen molar-refractivity contribution in [1.82, 2.24) is 0 Å². The van der Waals surface area contributed by atoms with Gasteiger partial charge >= 0.3 is 0 Å². The Morgan fingerprint density at radius 1 is 1.23 bits per heavy atom. The van der Waals surface area contributed by atoms with Gasteiger partial charge in [-0.25, -0.2) is 0 Å². The second kappa shape index (κ2) is 6.97. The lowest BCUT2D eigenvalue weighted by atomic mass is 10.0. The van der Waals surface area contributed by atoms with Crippen LogP contribution in [0.4, 0.5) is 0 Å². The molecule has 0 aromatic heterocycles. The van der Waals surface area contributed by atoms with Crippen LogP contribution in [0.15, 0.2) is 46.4 Å². The summed E-state index contributed by atoms with van der Waals surface area (Å²) in [5, 5.41) is 19.1. The normalized spacial score (nSPS) is 11.1. The summed E-state index contributed by atoms with van der Waals surface area (Å²) in [6.45, 7) is 0. The number of benzene rings is 2. The highest BCUT2D eigenvalue weighted by Gasteiger charge is 2.18. The molecule has 0 spiro atoms. The van der Waals surface area contributed by atoms with E-state index in [1.807, 2.05) is 6.07 Å². The SMILES string of the molecule is N#CC(=Cc1ccc(O)c(Br)c1)C(=O)c1c(Cl)cccc1Cl. The van der Waals surface area contributed by atoms with Gasteiger partial charge in [-0.1, -0.05) is 35.3 Å². The van der Waals surface area contributed by atoms with Crippen LogP contribution in [0.1, 0.15) is 15.9 Å². The monoisotopic (exact) mass is 395 g/mol. The van der Waals surface area contributed by atoms with Crippen LogP contribution in [-0.4, -0.2) is 10.9 Å². The number of nitrogens with zero attached hydrogens (tertiary/aromatic N) is 1. The zero-order valence-electron chi connectivity index (χ0n) is 11.0. The molecule has 0 radical (unpaired) electrons. The topological polar surface area (TPSA) is 61.1 Å². The first-order valence-corrected chi connectivity index (χ1v) is 7.58. The number of allylic oxidation sites excluding steroid dienone is 1. The molecule has 0 heterocycles. The zero-order valence-corrected chi connectivity index (χ0v) is 14.1. The van der Waals surface area contributed by atoms with Crippen molar-refractivity contribution in [3.8, 4) is 11.8 Å². The van der Waals surface area contributed by atoms with Crippen molar-refractivity contribution in [2.24, 2.45) is 0 Å². The van der Waals surface area contributed by atoms with E-state index >= 15 is 0 Å². The third-order valence-electron chi connectivity index (χ3n) is 2.84. The fourth-order valence-electron chi connectivity index (χ4n) is 1.78. The van der Waals surface area contributed by atoms with Gasteiger partial charge in [0.05, 0.1) is 20.1 Å². The van der Waals surface area contributed by atoms with E-state index in [9.17, 15) is 15.2 Å². The molecule has 110 valence electrons. The number of hydrogen-bond donors (Lipinski definition) is 1. The number of hydrogen-bond acceptors (Lipinski definition) is 3. The number of aromatic hydroxyl groups is 1. The second-order valence-electron chi connectivity index (χ2n) is 4.31. The largest absolute Gasteiger partial charge is 0.507 e. The van der Waals surface area contributed by atoms with Crippen LogP contribution in [-0.2, 0) is 0 Å². The predicted octanol–water partition coefficient (Wildman–Crippen LogP) is 5.25. The first-order valence-electron chi connectivity index (χ1n) is 6.03. The average molecular weight is 397 g/mol. The van der Waals surface area contributed by atoms with Crippen molar-refractivity contribution in [3.63, 3.8) is 0 Å². The Morgan fingerprint density at radius 2 is 1.86 bits per heavy atom. The molecule has 0 fully saturated rings. The molecule has 0 aliphatic rings. The number of carbonyl (C=O) groups excluding carboxylic acids is 1. The first kappa shape index (κ1) is 16.6. The fourth-order valence-corrected chi connectivity index (χ4v) is 2.74. The zero-order chi connectivity index (χ0) is 16.3. The summed E-state index contributed by atoms with van der Waals surface area (Å²) >= 11 is 15.2. The molecule has 0 bridgehead atoms. The van der Waals surface area contributed by atoms with E-state index in [1.165, 1.54) is 24.3 Å². The van der Waals surface area contributed by atoms with E-state index in [2.05, 4.69) is 15.9 Å². The smallest absolute Gasteiger partial charge is 0.206 e.